The molecule has 21 heavy (non-hydrogen) atoms. The zero-order chi connectivity index (χ0) is 15.7. The maximum atomic E-state index is 11.9. The van der Waals surface area contributed by atoms with Crippen LogP contribution >= 0.6 is 11.3 Å². The van der Waals surface area contributed by atoms with E-state index in [0.29, 0.717) is 11.4 Å². The molecule has 4 nitrogen and oxygen atoms in total. The minimum absolute atomic E-state index is 0.0857. The lowest BCUT2D eigenvalue weighted by Crippen LogP contribution is -2.12. The Labute approximate surface area is 130 Å². The second kappa shape index (κ2) is 9.55. The molecule has 0 spiro atoms. The maximum absolute atomic E-state index is 11.9. The fourth-order valence-electron chi connectivity index (χ4n) is 2.12. The van der Waals surface area contributed by atoms with E-state index in [1.54, 1.807) is 6.07 Å². The molecule has 1 aromatic rings. The van der Waals surface area contributed by atoms with Gasteiger partial charge >= 0.3 is 5.97 Å². The normalized spacial score (nSPS) is 10.6. The van der Waals surface area contributed by atoms with Crippen molar-refractivity contribution in [3.63, 3.8) is 0 Å². The minimum Gasteiger partial charge on any atom is -0.478 e. The number of unbranched alkanes of at least 4 members (excludes halogenated alkanes) is 5. The highest BCUT2D eigenvalue weighted by molar-refractivity contribution is 7.16. The summed E-state index contributed by atoms with van der Waals surface area (Å²) in [6.07, 6.45) is 8.03. The van der Waals surface area contributed by atoms with E-state index in [1.807, 2.05) is 6.92 Å². The molecular formula is C16H25NO3S. The molecule has 2 N–H and O–H groups in total. The molecule has 1 amide bonds. The number of hydrogen-bond acceptors (Lipinski definition) is 3. The first-order valence-corrected chi connectivity index (χ1v) is 8.56. The molecular weight excluding hydrogens is 286 g/mol. The van der Waals surface area contributed by atoms with Gasteiger partial charge in [-0.25, -0.2) is 4.79 Å². The van der Waals surface area contributed by atoms with Crippen molar-refractivity contribution in [3.05, 3.63) is 16.5 Å². The predicted octanol–water partition coefficient (Wildman–Crippen LogP) is 4.70. The lowest BCUT2D eigenvalue weighted by Gasteiger charge is -2.04. The van der Waals surface area contributed by atoms with Crippen LogP contribution in [0, 0.1) is 0 Å². The van der Waals surface area contributed by atoms with Crippen molar-refractivity contribution >= 4 is 28.2 Å². The second-order valence-corrected chi connectivity index (χ2v) is 6.32. The van der Waals surface area contributed by atoms with Gasteiger partial charge in [0.2, 0.25) is 5.91 Å². The summed E-state index contributed by atoms with van der Waals surface area (Å²) in [6.45, 7) is 4.15. The first-order chi connectivity index (χ1) is 10.1. The van der Waals surface area contributed by atoms with Crippen LogP contribution in [0.15, 0.2) is 6.07 Å². The number of aromatic carboxylic acids is 1. The molecule has 0 saturated carbocycles. The summed E-state index contributed by atoms with van der Waals surface area (Å²) < 4.78 is 0. The maximum Gasteiger partial charge on any atom is 0.338 e. The summed E-state index contributed by atoms with van der Waals surface area (Å²) >= 11 is 1.35. The van der Waals surface area contributed by atoms with Crippen LogP contribution in [0.25, 0.3) is 0 Å². The van der Waals surface area contributed by atoms with Crippen molar-refractivity contribution < 1.29 is 14.7 Å². The number of carboxylic acids is 1. The van der Waals surface area contributed by atoms with Gasteiger partial charge in [-0.2, -0.15) is 0 Å². The standard InChI is InChI=1S/C16H25NO3S/c1-3-5-6-7-8-9-10-14(18)17-15-13(16(19)20)11-12(4-2)21-15/h11H,3-10H2,1-2H3,(H,17,18)(H,19,20). The predicted molar refractivity (Wildman–Crippen MR) is 87.3 cm³/mol. The van der Waals surface area contributed by atoms with Gasteiger partial charge in [-0.15, -0.1) is 11.3 Å². The highest BCUT2D eigenvalue weighted by Gasteiger charge is 2.16. The average Bonchev–Trinajstić information content (AvgIpc) is 2.86. The first-order valence-electron chi connectivity index (χ1n) is 7.74. The number of nitrogens with one attached hydrogen (secondary N) is 1. The van der Waals surface area contributed by atoms with Crippen LogP contribution in [-0.2, 0) is 11.2 Å². The lowest BCUT2D eigenvalue weighted by molar-refractivity contribution is -0.116. The monoisotopic (exact) mass is 311 g/mol. The van der Waals surface area contributed by atoms with Crippen molar-refractivity contribution in [2.45, 2.75) is 65.2 Å². The molecule has 0 aromatic carbocycles. The number of anilines is 1. The molecule has 0 fully saturated rings. The molecule has 0 aliphatic heterocycles. The minimum atomic E-state index is -0.985. The zero-order valence-electron chi connectivity index (χ0n) is 12.9. The van der Waals surface area contributed by atoms with E-state index in [2.05, 4.69) is 12.2 Å². The Morgan fingerprint density at radius 2 is 1.81 bits per heavy atom. The van der Waals surface area contributed by atoms with Crippen LogP contribution in [0.3, 0.4) is 0 Å². The van der Waals surface area contributed by atoms with Gasteiger partial charge in [-0.1, -0.05) is 46.0 Å². The number of thiophene rings is 1. The number of amides is 1. The van der Waals surface area contributed by atoms with E-state index in [4.69, 9.17) is 5.11 Å². The summed E-state index contributed by atoms with van der Waals surface area (Å²) in [5.41, 5.74) is 0.202. The molecule has 0 bridgehead atoms. The molecule has 0 radical (unpaired) electrons. The van der Waals surface area contributed by atoms with Crippen LogP contribution in [0.1, 0.15) is 74.0 Å². The van der Waals surface area contributed by atoms with Crippen LogP contribution in [0.2, 0.25) is 0 Å². The third kappa shape index (κ3) is 6.29. The number of aryl methyl sites for hydroxylation is 1. The Bertz CT molecular complexity index is 468. The van der Waals surface area contributed by atoms with Gasteiger partial charge in [0.15, 0.2) is 0 Å². The van der Waals surface area contributed by atoms with E-state index in [1.165, 1.54) is 37.0 Å². The number of carbonyl (C=O) groups is 2. The van der Waals surface area contributed by atoms with Crippen molar-refractivity contribution in [2.24, 2.45) is 0 Å². The molecule has 0 atom stereocenters. The SMILES string of the molecule is CCCCCCCCC(=O)Nc1sc(CC)cc1C(=O)O. The van der Waals surface area contributed by atoms with Crippen LogP contribution in [0.4, 0.5) is 5.00 Å². The number of carbonyl (C=O) groups excluding carboxylic acids is 1. The van der Waals surface area contributed by atoms with E-state index >= 15 is 0 Å². The molecule has 0 saturated heterocycles. The van der Waals surface area contributed by atoms with Crippen LogP contribution < -0.4 is 5.32 Å². The van der Waals surface area contributed by atoms with Crippen molar-refractivity contribution in [3.8, 4) is 0 Å². The fraction of sp³-hybridized carbons (Fsp3) is 0.625. The van der Waals surface area contributed by atoms with Gasteiger partial charge in [-0.3, -0.25) is 4.79 Å². The number of rotatable bonds is 10. The summed E-state index contributed by atoms with van der Waals surface area (Å²) in [5.74, 6) is -1.07. The molecule has 1 rings (SSSR count). The molecule has 0 unspecified atom stereocenters. The largest absolute Gasteiger partial charge is 0.478 e. The molecule has 1 heterocycles. The van der Waals surface area contributed by atoms with E-state index in [9.17, 15) is 9.59 Å². The highest BCUT2D eigenvalue weighted by Crippen LogP contribution is 2.28. The Morgan fingerprint density at radius 1 is 1.14 bits per heavy atom. The Balaban J connectivity index is 2.40. The quantitative estimate of drug-likeness (QED) is 0.616. The topological polar surface area (TPSA) is 66.4 Å². The molecule has 0 aliphatic carbocycles. The molecule has 0 aliphatic rings. The van der Waals surface area contributed by atoms with Gasteiger partial charge < -0.3 is 10.4 Å². The molecule has 1 aromatic heterocycles. The van der Waals surface area contributed by atoms with Crippen LogP contribution in [0.5, 0.6) is 0 Å². The smallest absolute Gasteiger partial charge is 0.338 e. The summed E-state index contributed by atoms with van der Waals surface area (Å²) in [7, 11) is 0. The number of hydrogen-bond donors (Lipinski definition) is 2. The van der Waals surface area contributed by atoms with Gasteiger partial charge in [-0.05, 0) is 18.9 Å². The lowest BCUT2D eigenvalue weighted by atomic mass is 10.1. The van der Waals surface area contributed by atoms with Gasteiger partial charge in [0, 0.05) is 11.3 Å². The first kappa shape index (κ1) is 17.7. The Kier molecular flexibility index (Phi) is 8.05. The van der Waals surface area contributed by atoms with Gasteiger partial charge in [0.25, 0.3) is 0 Å². The second-order valence-electron chi connectivity index (χ2n) is 5.18. The van der Waals surface area contributed by atoms with E-state index < -0.39 is 5.97 Å². The van der Waals surface area contributed by atoms with E-state index in [-0.39, 0.29) is 11.5 Å². The third-order valence-corrected chi connectivity index (χ3v) is 4.57. The van der Waals surface area contributed by atoms with Crippen molar-refractivity contribution in [2.75, 3.05) is 5.32 Å². The Hall–Kier alpha value is -1.36. The summed E-state index contributed by atoms with van der Waals surface area (Å²) in [4.78, 5) is 24.0. The highest BCUT2D eigenvalue weighted by atomic mass is 32.1. The van der Waals surface area contributed by atoms with Crippen LogP contribution in [-0.4, -0.2) is 17.0 Å². The van der Waals surface area contributed by atoms with Crippen molar-refractivity contribution in [1.82, 2.24) is 0 Å². The average molecular weight is 311 g/mol. The Morgan fingerprint density at radius 3 is 2.43 bits per heavy atom. The zero-order valence-corrected chi connectivity index (χ0v) is 13.7. The number of carboxylic acid groups (broad SMARTS) is 1. The van der Waals surface area contributed by atoms with E-state index in [0.717, 1.165) is 24.1 Å². The third-order valence-electron chi connectivity index (χ3n) is 3.37. The van der Waals surface area contributed by atoms with Gasteiger partial charge in [0.1, 0.15) is 5.00 Å². The summed E-state index contributed by atoms with van der Waals surface area (Å²) in [5, 5.41) is 12.4. The molecule has 5 heteroatoms. The van der Waals surface area contributed by atoms with Gasteiger partial charge in [0.05, 0.1) is 5.56 Å². The fourth-order valence-corrected chi connectivity index (χ4v) is 3.13. The molecule has 118 valence electrons. The summed E-state index contributed by atoms with van der Waals surface area (Å²) in [6, 6.07) is 1.65. The van der Waals surface area contributed by atoms with Crippen molar-refractivity contribution in [1.29, 1.82) is 0 Å².